The highest BCUT2D eigenvalue weighted by Gasteiger charge is 2.25. The summed E-state index contributed by atoms with van der Waals surface area (Å²) >= 11 is 12.0. The van der Waals surface area contributed by atoms with Gasteiger partial charge in [-0.1, -0.05) is 29.3 Å². The number of nitrogens with zero attached hydrogens (tertiary/aromatic N) is 1. The molecule has 0 aromatic heterocycles. The second-order valence-electron chi connectivity index (χ2n) is 3.22. The van der Waals surface area contributed by atoms with Crippen LogP contribution in [-0.2, 0) is 4.79 Å². The molecular weight excluding hydrogens is 221 g/mol. The number of rotatable bonds is 1. The summed E-state index contributed by atoms with van der Waals surface area (Å²) in [6.45, 7) is 0.711. The van der Waals surface area contributed by atoms with E-state index in [2.05, 4.69) is 0 Å². The van der Waals surface area contributed by atoms with Crippen LogP contribution in [0.5, 0.6) is 0 Å². The van der Waals surface area contributed by atoms with Crippen LogP contribution >= 0.6 is 23.2 Å². The van der Waals surface area contributed by atoms with E-state index in [0.29, 0.717) is 28.7 Å². The first kappa shape index (κ1) is 9.81. The van der Waals surface area contributed by atoms with Crippen molar-refractivity contribution in [2.75, 3.05) is 11.4 Å². The molecule has 0 saturated carbocycles. The molecule has 0 radical (unpaired) electrons. The average molecular weight is 230 g/mol. The highest BCUT2D eigenvalue weighted by molar-refractivity contribution is 6.40. The van der Waals surface area contributed by atoms with Gasteiger partial charge in [0.15, 0.2) is 0 Å². The van der Waals surface area contributed by atoms with Gasteiger partial charge in [0.05, 0.1) is 15.7 Å². The molecule has 0 unspecified atom stereocenters. The molecule has 74 valence electrons. The lowest BCUT2D eigenvalue weighted by Crippen LogP contribution is -2.24. The third kappa shape index (κ3) is 1.60. The molecule has 1 aliphatic rings. The van der Waals surface area contributed by atoms with Gasteiger partial charge < -0.3 is 4.90 Å². The van der Waals surface area contributed by atoms with Gasteiger partial charge in [0.2, 0.25) is 5.91 Å². The van der Waals surface area contributed by atoms with Crippen LogP contribution in [0, 0.1) is 0 Å². The number of para-hydroxylation sites is 1. The smallest absolute Gasteiger partial charge is 0.227 e. The third-order valence-corrected chi connectivity index (χ3v) is 2.89. The molecule has 0 atom stereocenters. The molecule has 1 aromatic rings. The number of amides is 1. The predicted octanol–water partition coefficient (Wildman–Crippen LogP) is 3.12. The molecule has 1 aliphatic heterocycles. The molecule has 0 spiro atoms. The Morgan fingerprint density at radius 3 is 2.36 bits per heavy atom. The van der Waals surface area contributed by atoms with Gasteiger partial charge in [-0.2, -0.15) is 0 Å². The van der Waals surface area contributed by atoms with E-state index >= 15 is 0 Å². The second kappa shape index (κ2) is 3.79. The largest absolute Gasteiger partial charge is 0.310 e. The fourth-order valence-electron chi connectivity index (χ4n) is 1.63. The highest BCUT2D eigenvalue weighted by Crippen LogP contribution is 2.35. The first-order valence-corrected chi connectivity index (χ1v) is 5.20. The average Bonchev–Trinajstić information content (AvgIpc) is 2.52. The first-order chi connectivity index (χ1) is 6.70. The summed E-state index contributed by atoms with van der Waals surface area (Å²) in [5.74, 6) is 0.0972. The predicted molar refractivity (Wildman–Crippen MR) is 58.0 cm³/mol. The number of carbonyl (C=O) groups excluding carboxylic acids is 1. The summed E-state index contributed by atoms with van der Waals surface area (Å²) < 4.78 is 0. The van der Waals surface area contributed by atoms with Gasteiger partial charge in [-0.3, -0.25) is 4.79 Å². The van der Waals surface area contributed by atoms with Crippen LogP contribution in [0.1, 0.15) is 12.8 Å². The molecule has 1 amide bonds. The van der Waals surface area contributed by atoms with Crippen molar-refractivity contribution in [1.29, 1.82) is 0 Å². The molecule has 0 aliphatic carbocycles. The first-order valence-electron chi connectivity index (χ1n) is 4.44. The minimum Gasteiger partial charge on any atom is -0.310 e. The van der Waals surface area contributed by atoms with Crippen LogP contribution in [0.15, 0.2) is 18.2 Å². The molecule has 0 N–H and O–H groups in total. The van der Waals surface area contributed by atoms with Gasteiger partial charge in [-0.25, -0.2) is 0 Å². The Bertz CT molecular complexity index is 358. The molecule has 1 fully saturated rings. The summed E-state index contributed by atoms with van der Waals surface area (Å²) in [5.41, 5.74) is 0.651. The maximum Gasteiger partial charge on any atom is 0.227 e. The molecule has 4 heteroatoms. The summed E-state index contributed by atoms with van der Waals surface area (Å²) in [6.07, 6.45) is 1.46. The lowest BCUT2D eigenvalue weighted by atomic mass is 10.3. The van der Waals surface area contributed by atoms with Crippen LogP contribution in [0.4, 0.5) is 5.69 Å². The van der Waals surface area contributed by atoms with Gasteiger partial charge in [-0.05, 0) is 18.6 Å². The van der Waals surface area contributed by atoms with Crippen molar-refractivity contribution < 1.29 is 4.79 Å². The van der Waals surface area contributed by atoms with Gasteiger partial charge in [0, 0.05) is 13.0 Å². The van der Waals surface area contributed by atoms with Crippen LogP contribution in [0.2, 0.25) is 10.0 Å². The quantitative estimate of drug-likeness (QED) is 0.725. The van der Waals surface area contributed by atoms with E-state index < -0.39 is 0 Å². The molecular formula is C10H9Cl2NO. The van der Waals surface area contributed by atoms with Crippen molar-refractivity contribution in [3.8, 4) is 0 Å². The van der Waals surface area contributed by atoms with Gasteiger partial charge in [0.1, 0.15) is 0 Å². The zero-order valence-electron chi connectivity index (χ0n) is 7.46. The molecule has 1 heterocycles. The maximum atomic E-state index is 11.5. The van der Waals surface area contributed by atoms with Gasteiger partial charge in [0.25, 0.3) is 0 Å². The Balaban J connectivity index is 2.44. The lowest BCUT2D eigenvalue weighted by Gasteiger charge is -2.18. The Morgan fingerprint density at radius 1 is 1.21 bits per heavy atom. The van der Waals surface area contributed by atoms with Crippen LogP contribution in [0.25, 0.3) is 0 Å². The molecule has 2 nitrogen and oxygen atoms in total. The zero-order chi connectivity index (χ0) is 10.1. The van der Waals surface area contributed by atoms with Crippen LogP contribution in [-0.4, -0.2) is 12.5 Å². The van der Waals surface area contributed by atoms with E-state index in [0.717, 1.165) is 6.42 Å². The van der Waals surface area contributed by atoms with Crippen molar-refractivity contribution in [3.05, 3.63) is 28.2 Å². The SMILES string of the molecule is O=C1CCCN1c1c(Cl)cccc1Cl. The number of halogens is 2. The van der Waals surface area contributed by atoms with Crippen molar-refractivity contribution in [2.45, 2.75) is 12.8 Å². The van der Waals surface area contributed by atoms with Crippen LogP contribution < -0.4 is 4.90 Å². The van der Waals surface area contributed by atoms with Crippen molar-refractivity contribution in [3.63, 3.8) is 0 Å². The summed E-state index contributed by atoms with van der Waals surface area (Å²) in [4.78, 5) is 13.1. The second-order valence-corrected chi connectivity index (χ2v) is 4.03. The van der Waals surface area contributed by atoms with E-state index in [-0.39, 0.29) is 5.91 Å². The molecule has 2 rings (SSSR count). The van der Waals surface area contributed by atoms with Crippen molar-refractivity contribution in [1.82, 2.24) is 0 Å². The minimum atomic E-state index is 0.0972. The van der Waals surface area contributed by atoms with Gasteiger partial charge >= 0.3 is 0 Å². The highest BCUT2D eigenvalue weighted by atomic mass is 35.5. The maximum absolute atomic E-state index is 11.5. The Hall–Kier alpha value is -0.730. The number of hydrogen-bond donors (Lipinski definition) is 0. The normalized spacial score (nSPS) is 16.4. The van der Waals surface area contributed by atoms with Crippen molar-refractivity contribution in [2.24, 2.45) is 0 Å². The fraction of sp³-hybridized carbons (Fsp3) is 0.300. The van der Waals surface area contributed by atoms with E-state index in [1.54, 1.807) is 23.1 Å². The van der Waals surface area contributed by atoms with E-state index in [9.17, 15) is 4.79 Å². The van der Waals surface area contributed by atoms with Crippen LogP contribution in [0.3, 0.4) is 0 Å². The standard InChI is InChI=1S/C10H9Cl2NO/c11-7-3-1-4-8(12)10(7)13-6-2-5-9(13)14/h1,3-4H,2,5-6H2. The molecule has 0 bridgehead atoms. The summed E-state index contributed by atoms with van der Waals surface area (Å²) in [7, 11) is 0. The Labute approximate surface area is 92.4 Å². The number of anilines is 1. The topological polar surface area (TPSA) is 20.3 Å². The fourth-order valence-corrected chi connectivity index (χ4v) is 2.23. The summed E-state index contributed by atoms with van der Waals surface area (Å²) in [6, 6.07) is 5.26. The van der Waals surface area contributed by atoms with Gasteiger partial charge in [-0.15, -0.1) is 0 Å². The van der Waals surface area contributed by atoms with Crippen molar-refractivity contribution >= 4 is 34.8 Å². The lowest BCUT2D eigenvalue weighted by molar-refractivity contribution is -0.117. The molecule has 1 saturated heterocycles. The zero-order valence-corrected chi connectivity index (χ0v) is 8.98. The van der Waals surface area contributed by atoms with E-state index in [1.807, 2.05) is 0 Å². The Kier molecular flexibility index (Phi) is 2.66. The number of benzene rings is 1. The Morgan fingerprint density at radius 2 is 1.86 bits per heavy atom. The number of carbonyl (C=O) groups is 1. The molecule has 1 aromatic carbocycles. The third-order valence-electron chi connectivity index (χ3n) is 2.28. The molecule has 14 heavy (non-hydrogen) atoms. The summed E-state index contributed by atoms with van der Waals surface area (Å²) in [5, 5.41) is 1.07. The van der Waals surface area contributed by atoms with E-state index in [4.69, 9.17) is 23.2 Å². The number of hydrogen-bond acceptors (Lipinski definition) is 1. The van der Waals surface area contributed by atoms with E-state index in [1.165, 1.54) is 0 Å². The minimum absolute atomic E-state index is 0.0972. The monoisotopic (exact) mass is 229 g/mol.